The molecule has 0 N–H and O–H groups in total. The van der Waals surface area contributed by atoms with E-state index in [1.165, 1.54) is 12.1 Å². The van der Waals surface area contributed by atoms with Crippen LogP contribution in [0.4, 0.5) is 37.8 Å². The third-order valence-corrected chi connectivity index (χ3v) is 5.00. The lowest BCUT2D eigenvalue weighted by atomic mass is 10.1. The van der Waals surface area contributed by atoms with Crippen LogP contribution in [0.2, 0.25) is 0 Å². The zero-order chi connectivity index (χ0) is 21.5. The molecule has 3 aromatic rings. The van der Waals surface area contributed by atoms with E-state index in [9.17, 15) is 26.3 Å². The molecule has 4 nitrogen and oxygen atoms in total. The van der Waals surface area contributed by atoms with Crippen molar-refractivity contribution in [2.45, 2.75) is 12.4 Å². The highest BCUT2D eigenvalue weighted by Crippen LogP contribution is 2.35. The summed E-state index contributed by atoms with van der Waals surface area (Å²) in [4.78, 5) is 11.3. The minimum atomic E-state index is -4.56. The molecule has 1 fully saturated rings. The maximum absolute atomic E-state index is 13.3. The molecule has 0 atom stereocenters. The van der Waals surface area contributed by atoms with Gasteiger partial charge in [-0.3, -0.25) is 0 Å². The fourth-order valence-corrected chi connectivity index (χ4v) is 3.48. The van der Waals surface area contributed by atoms with Crippen molar-refractivity contribution in [2.75, 3.05) is 36.0 Å². The number of anilines is 2. The first-order valence-electron chi connectivity index (χ1n) is 9.13. The third-order valence-electron chi connectivity index (χ3n) is 5.00. The molecule has 0 bridgehead atoms. The maximum Gasteiger partial charge on any atom is 0.433 e. The Hall–Kier alpha value is -3.04. The largest absolute Gasteiger partial charge is 0.433 e. The van der Waals surface area contributed by atoms with Crippen molar-refractivity contribution < 1.29 is 26.3 Å². The zero-order valence-electron chi connectivity index (χ0n) is 15.5. The number of rotatable bonds is 2. The smallest absolute Gasteiger partial charge is 0.367 e. The Balaban J connectivity index is 1.56. The predicted molar refractivity (Wildman–Crippen MR) is 100 cm³/mol. The summed E-state index contributed by atoms with van der Waals surface area (Å²) in [5, 5.41) is 0.617. The third kappa shape index (κ3) is 3.99. The lowest BCUT2D eigenvalue weighted by Crippen LogP contribution is -2.47. The summed E-state index contributed by atoms with van der Waals surface area (Å²) in [6.45, 7) is 1.62. The molecule has 0 unspecified atom stereocenters. The van der Waals surface area contributed by atoms with Gasteiger partial charge in [0.2, 0.25) is 0 Å². The molecule has 1 aliphatic rings. The molecule has 0 spiro atoms. The molecule has 30 heavy (non-hydrogen) atoms. The molecule has 4 rings (SSSR count). The minimum absolute atomic E-state index is 0.258. The number of benzene rings is 1. The lowest BCUT2D eigenvalue weighted by Gasteiger charge is -2.37. The van der Waals surface area contributed by atoms with E-state index in [4.69, 9.17) is 0 Å². The number of pyridine rings is 2. The van der Waals surface area contributed by atoms with Gasteiger partial charge in [-0.1, -0.05) is 18.2 Å². The van der Waals surface area contributed by atoms with E-state index in [1.807, 2.05) is 9.80 Å². The van der Waals surface area contributed by atoms with Crippen LogP contribution in [0.25, 0.3) is 10.9 Å². The molecular formula is C20H16F6N4. The average molecular weight is 426 g/mol. The second-order valence-electron chi connectivity index (χ2n) is 6.92. The molecule has 10 heteroatoms. The van der Waals surface area contributed by atoms with Crippen LogP contribution in [-0.2, 0) is 12.4 Å². The summed E-state index contributed by atoms with van der Waals surface area (Å²) in [7, 11) is 0. The van der Waals surface area contributed by atoms with Gasteiger partial charge in [-0.25, -0.2) is 9.97 Å². The number of halogens is 6. The van der Waals surface area contributed by atoms with Gasteiger partial charge in [0.25, 0.3) is 0 Å². The molecule has 1 aliphatic heterocycles. The van der Waals surface area contributed by atoms with Crippen molar-refractivity contribution in [1.29, 1.82) is 0 Å². The average Bonchev–Trinajstić information content (AvgIpc) is 2.72. The molecular weight excluding hydrogens is 410 g/mol. The quantitative estimate of drug-likeness (QED) is 0.541. The normalized spacial score (nSPS) is 15.7. The minimum Gasteiger partial charge on any atom is -0.367 e. The van der Waals surface area contributed by atoms with Crippen molar-refractivity contribution in [2.24, 2.45) is 0 Å². The van der Waals surface area contributed by atoms with E-state index in [2.05, 4.69) is 9.97 Å². The SMILES string of the molecule is FC(F)(F)c1ccc(N2CCN(c3cc(C(F)(F)F)nc4ccccc34)CC2)nc1. The molecule has 0 saturated carbocycles. The van der Waals surface area contributed by atoms with E-state index < -0.39 is 23.6 Å². The second kappa shape index (κ2) is 7.33. The van der Waals surface area contributed by atoms with E-state index in [1.54, 1.807) is 18.2 Å². The van der Waals surface area contributed by atoms with Crippen LogP contribution in [0.1, 0.15) is 11.3 Å². The van der Waals surface area contributed by atoms with Crippen LogP contribution < -0.4 is 9.80 Å². The van der Waals surface area contributed by atoms with Crippen LogP contribution in [0.15, 0.2) is 48.7 Å². The Bertz CT molecular complexity index is 1040. The highest BCUT2D eigenvalue weighted by Gasteiger charge is 2.34. The van der Waals surface area contributed by atoms with Crippen molar-refractivity contribution in [3.05, 3.63) is 59.9 Å². The highest BCUT2D eigenvalue weighted by atomic mass is 19.4. The standard InChI is InChI=1S/C20H16F6N4/c21-19(22,23)13-5-6-18(27-12-13)30-9-7-29(8-10-30)16-11-17(20(24,25)26)28-15-4-2-1-3-14(15)16/h1-6,11-12H,7-10H2. The van der Waals surface area contributed by atoms with Gasteiger partial charge in [-0.2, -0.15) is 26.3 Å². The molecule has 1 aromatic carbocycles. The van der Waals surface area contributed by atoms with Crippen LogP contribution in [0.5, 0.6) is 0 Å². The fraction of sp³-hybridized carbons (Fsp3) is 0.300. The Morgan fingerprint density at radius 1 is 0.767 bits per heavy atom. The second-order valence-corrected chi connectivity index (χ2v) is 6.92. The Morgan fingerprint density at radius 2 is 1.43 bits per heavy atom. The number of alkyl halides is 6. The first-order chi connectivity index (χ1) is 14.1. The summed E-state index contributed by atoms with van der Waals surface area (Å²) in [6, 6.07) is 9.96. The van der Waals surface area contributed by atoms with Crippen molar-refractivity contribution >= 4 is 22.4 Å². The molecule has 0 amide bonds. The number of nitrogens with zero attached hydrogens (tertiary/aromatic N) is 4. The zero-order valence-corrected chi connectivity index (χ0v) is 15.5. The summed E-state index contributed by atoms with van der Waals surface area (Å²) < 4.78 is 78.0. The van der Waals surface area contributed by atoms with Gasteiger partial charge in [0.15, 0.2) is 0 Å². The summed E-state index contributed by atoms with van der Waals surface area (Å²) in [6.07, 6.45) is -8.23. The first kappa shape index (κ1) is 20.2. The van der Waals surface area contributed by atoms with Gasteiger partial charge >= 0.3 is 12.4 Å². The Morgan fingerprint density at radius 3 is 2.03 bits per heavy atom. The molecule has 2 aromatic heterocycles. The van der Waals surface area contributed by atoms with Gasteiger partial charge in [-0.15, -0.1) is 0 Å². The summed E-state index contributed by atoms with van der Waals surface area (Å²) in [5.41, 5.74) is -1.09. The number of hydrogen-bond donors (Lipinski definition) is 0. The molecule has 1 saturated heterocycles. The van der Waals surface area contributed by atoms with Crippen molar-refractivity contribution in [3.63, 3.8) is 0 Å². The predicted octanol–water partition coefficient (Wildman–Crippen LogP) is 4.99. The van der Waals surface area contributed by atoms with Gasteiger partial charge in [-0.05, 0) is 24.3 Å². The Labute approximate surface area is 167 Å². The van der Waals surface area contributed by atoms with Crippen molar-refractivity contribution in [3.8, 4) is 0 Å². The topological polar surface area (TPSA) is 32.3 Å². The first-order valence-corrected chi connectivity index (χ1v) is 9.13. The van der Waals surface area contributed by atoms with E-state index in [0.29, 0.717) is 43.1 Å². The molecule has 158 valence electrons. The molecule has 3 heterocycles. The van der Waals surface area contributed by atoms with Crippen LogP contribution >= 0.6 is 0 Å². The van der Waals surface area contributed by atoms with Crippen molar-refractivity contribution in [1.82, 2.24) is 9.97 Å². The summed E-state index contributed by atoms with van der Waals surface area (Å²) in [5.74, 6) is 0.401. The van der Waals surface area contributed by atoms with E-state index in [0.717, 1.165) is 18.3 Å². The maximum atomic E-state index is 13.3. The Kier molecular flexibility index (Phi) is 4.95. The van der Waals surface area contributed by atoms with Gasteiger partial charge < -0.3 is 9.80 Å². The highest BCUT2D eigenvalue weighted by molar-refractivity contribution is 5.92. The van der Waals surface area contributed by atoms with Crippen LogP contribution in [0.3, 0.4) is 0 Å². The van der Waals surface area contributed by atoms with Gasteiger partial charge in [0.05, 0.1) is 11.1 Å². The van der Waals surface area contributed by atoms with Crippen LogP contribution in [0, 0.1) is 0 Å². The number of para-hydroxylation sites is 1. The molecule has 0 aliphatic carbocycles. The fourth-order valence-electron chi connectivity index (χ4n) is 3.48. The van der Waals surface area contributed by atoms with E-state index >= 15 is 0 Å². The van der Waals surface area contributed by atoms with Crippen LogP contribution in [-0.4, -0.2) is 36.1 Å². The number of aromatic nitrogens is 2. The number of piperazine rings is 1. The van der Waals surface area contributed by atoms with Gasteiger partial charge in [0.1, 0.15) is 11.5 Å². The molecule has 0 radical (unpaired) electrons. The monoisotopic (exact) mass is 426 g/mol. The number of hydrogen-bond acceptors (Lipinski definition) is 4. The van der Waals surface area contributed by atoms with E-state index in [-0.39, 0.29) is 5.52 Å². The van der Waals surface area contributed by atoms with Gasteiger partial charge in [0, 0.05) is 43.4 Å². The summed E-state index contributed by atoms with van der Waals surface area (Å²) >= 11 is 0. The number of fused-ring (bicyclic) bond motifs is 1. The lowest BCUT2D eigenvalue weighted by molar-refractivity contribution is -0.141.